The van der Waals surface area contributed by atoms with Crippen LogP contribution < -0.4 is 10.6 Å². The second-order valence-corrected chi connectivity index (χ2v) is 2.98. The van der Waals surface area contributed by atoms with Gasteiger partial charge in [0.2, 0.25) is 0 Å². The Morgan fingerprint density at radius 1 is 1.44 bits per heavy atom. The van der Waals surface area contributed by atoms with Crippen molar-refractivity contribution in [3.8, 4) is 0 Å². The summed E-state index contributed by atoms with van der Waals surface area (Å²) in [5.74, 6) is -1.84. The molecule has 3 N–H and O–H groups in total. The Morgan fingerprint density at radius 3 is 2.69 bits per heavy atom. The Morgan fingerprint density at radius 2 is 2.12 bits per heavy atom. The molecule has 0 atom stereocenters. The molecule has 86 valence electrons. The van der Waals surface area contributed by atoms with Gasteiger partial charge in [0.1, 0.15) is 5.82 Å². The molecule has 2 amide bonds. The van der Waals surface area contributed by atoms with Crippen molar-refractivity contribution >= 4 is 17.7 Å². The number of anilines is 1. The summed E-state index contributed by atoms with van der Waals surface area (Å²) >= 11 is 0. The maximum absolute atomic E-state index is 12.9. The predicted octanol–water partition coefficient (Wildman–Crippen LogP) is 1.67. The molecular formula is C10H11FN2O3. The van der Waals surface area contributed by atoms with Crippen LogP contribution in [-0.4, -0.2) is 23.7 Å². The van der Waals surface area contributed by atoms with E-state index in [1.807, 2.05) is 0 Å². The van der Waals surface area contributed by atoms with Crippen LogP contribution in [0.4, 0.5) is 14.9 Å². The van der Waals surface area contributed by atoms with Gasteiger partial charge >= 0.3 is 12.0 Å². The Hall–Kier alpha value is -2.11. The largest absolute Gasteiger partial charge is 0.478 e. The molecule has 0 heterocycles. The number of carbonyl (C=O) groups is 2. The van der Waals surface area contributed by atoms with Crippen LogP contribution >= 0.6 is 0 Å². The number of benzene rings is 1. The van der Waals surface area contributed by atoms with Gasteiger partial charge in [0.25, 0.3) is 0 Å². The fourth-order valence-corrected chi connectivity index (χ4v) is 1.13. The van der Waals surface area contributed by atoms with Crippen molar-refractivity contribution in [3.63, 3.8) is 0 Å². The maximum Gasteiger partial charge on any atom is 0.337 e. The van der Waals surface area contributed by atoms with E-state index in [-0.39, 0.29) is 11.3 Å². The van der Waals surface area contributed by atoms with Gasteiger partial charge in [-0.1, -0.05) is 0 Å². The van der Waals surface area contributed by atoms with E-state index in [1.54, 1.807) is 6.92 Å². The number of hydrogen-bond acceptors (Lipinski definition) is 2. The van der Waals surface area contributed by atoms with Crippen LogP contribution in [0.15, 0.2) is 18.2 Å². The van der Waals surface area contributed by atoms with E-state index in [4.69, 9.17) is 5.11 Å². The first-order valence-corrected chi connectivity index (χ1v) is 4.62. The second-order valence-electron chi connectivity index (χ2n) is 2.98. The standard InChI is InChI=1S/C10H11FN2O3/c1-2-12-10(16)13-8-5-6(11)3-4-7(8)9(14)15/h3-5H,2H2,1H3,(H,14,15)(H2,12,13,16). The van der Waals surface area contributed by atoms with Crippen LogP contribution in [0.5, 0.6) is 0 Å². The Balaban J connectivity index is 2.96. The fraction of sp³-hybridized carbons (Fsp3) is 0.200. The molecule has 0 aliphatic heterocycles. The van der Waals surface area contributed by atoms with Crippen molar-refractivity contribution in [1.29, 1.82) is 0 Å². The summed E-state index contributed by atoms with van der Waals surface area (Å²) in [6, 6.07) is 2.50. The van der Waals surface area contributed by atoms with Crippen LogP contribution in [0.2, 0.25) is 0 Å². The van der Waals surface area contributed by atoms with Gasteiger partial charge in [-0.25, -0.2) is 14.0 Å². The zero-order valence-corrected chi connectivity index (χ0v) is 8.58. The molecule has 0 radical (unpaired) electrons. The van der Waals surface area contributed by atoms with Crippen LogP contribution in [-0.2, 0) is 0 Å². The van der Waals surface area contributed by atoms with E-state index < -0.39 is 17.8 Å². The minimum atomic E-state index is -1.23. The van der Waals surface area contributed by atoms with Crippen molar-refractivity contribution in [2.45, 2.75) is 6.92 Å². The second kappa shape index (κ2) is 5.11. The molecule has 0 aliphatic carbocycles. The first kappa shape index (κ1) is 12.0. The molecule has 0 fully saturated rings. The molecule has 0 aromatic heterocycles. The van der Waals surface area contributed by atoms with Gasteiger partial charge in [0.05, 0.1) is 11.3 Å². The number of hydrogen-bond donors (Lipinski definition) is 3. The molecule has 0 saturated carbocycles. The lowest BCUT2D eigenvalue weighted by molar-refractivity contribution is 0.0698. The molecule has 6 heteroatoms. The highest BCUT2D eigenvalue weighted by Crippen LogP contribution is 2.17. The number of rotatable bonds is 3. The van der Waals surface area contributed by atoms with Gasteiger partial charge in [-0.2, -0.15) is 0 Å². The quantitative estimate of drug-likeness (QED) is 0.733. The normalized spacial score (nSPS) is 9.62. The van der Waals surface area contributed by atoms with Gasteiger partial charge in [-0.3, -0.25) is 0 Å². The highest BCUT2D eigenvalue weighted by Gasteiger charge is 2.12. The summed E-state index contributed by atoms with van der Waals surface area (Å²) in [4.78, 5) is 21.9. The van der Waals surface area contributed by atoms with Crippen molar-refractivity contribution in [3.05, 3.63) is 29.6 Å². The third kappa shape index (κ3) is 2.94. The highest BCUT2D eigenvalue weighted by atomic mass is 19.1. The Bertz CT molecular complexity index is 421. The van der Waals surface area contributed by atoms with Gasteiger partial charge in [0.15, 0.2) is 0 Å². The number of urea groups is 1. The van der Waals surface area contributed by atoms with E-state index in [0.29, 0.717) is 6.54 Å². The SMILES string of the molecule is CCNC(=O)Nc1cc(F)ccc1C(=O)O. The lowest BCUT2D eigenvalue weighted by Crippen LogP contribution is -2.29. The summed E-state index contributed by atoms with van der Waals surface area (Å²) in [5.41, 5.74) is -0.230. The third-order valence-electron chi connectivity index (χ3n) is 1.80. The zero-order valence-electron chi connectivity index (χ0n) is 8.58. The van der Waals surface area contributed by atoms with Crippen molar-refractivity contribution in [1.82, 2.24) is 5.32 Å². The molecule has 0 saturated heterocycles. The van der Waals surface area contributed by atoms with Crippen molar-refractivity contribution in [2.24, 2.45) is 0 Å². The summed E-state index contributed by atoms with van der Waals surface area (Å²) in [5, 5.41) is 13.5. The fourth-order valence-electron chi connectivity index (χ4n) is 1.13. The molecule has 0 aliphatic rings. The number of carboxylic acids is 1. The zero-order chi connectivity index (χ0) is 12.1. The first-order valence-electron chi connectivity index (χ1n) is 4.62. The lowest BCUT2D eigenvalue weighted by atomic mass is 10.2. The van der Waals surface area contributed by atoms with Crippen LogP contribution in [0, 0.1) is 5.82 Å². The minimum Gasteiger partial charge on any atom is -0.478 e. The summed E-state index contributed by atoms with van der Waals surface area (Å²) in [6.45, 7) is 2.10. The highest BCUT2D eigenvalue weighted by molar-refractivity contribution is 5.99. The maximum atomic E-state index is 12.9. The van der Waals surface area contributed by atoms with E-state index in [9.17, 15) is 14.0 Å². The van der Waals surface area contributed by atoms with E-state index in [0.717, 1.165) is 18.2 Å². The molecule has 1 rings (SSSR count). The van der Waals surface area contributed by atoms with Crippen molar-refractivity contribution < 1.29 is 19.1 Å². The van der Waals surface area contributed by atoms with Gasteiger partial charge in [-0.05, 0) is 25.1 Å². The van der Waals surface area contributed by atoms with Gasteiger partial charge < -0.3 is 15.7 Å². The topological polar surface area (TPSA) is 78.4 Å². The van der Waals surface area contributed by atoms with Crippen LogP contribution in [0.1, 0.15) is 17.3 Å². The van der Waals surface area contributed by atoms with Crippen LogP contribution in [0.3, 0.4) is 0 Å². The summed E-state index contributed by atoms with van der Waals surface area (Å²) < 4.78 is 12.9. The number of carbonyl (C=O) groups excluding carboxylic acids is 1. The Labute approximate surface area is 91.3 Å². The minimum absolute atomic E-state index is 0.0709. The smallest absolute Gasteiger partial charge is 0.337 e. The molecule has 1 aromatic carbocycles. The Kier molecular flexibility index (Phi) is 3.82. The average Bonchev–Trinajstić information content (AvgIpc) is 2.17. The van der Waals surface area contributed by atoms with E-state index in [1.165, 1.54) is 0 Å². The van der Waals surface area contributed by atoms with Crippen molar-refractivity contribution in [2.75, 3.05) is 11.9 Å². The lowest BCUT2D eigenvalue weighted by Gasteiger charge is -2.08. The average molecular weight is 226 g/mol. The molecule has 16 heavy (non-hydrogen) atoms. The van der Waals surface area contributed by atoms with Crippen LogP contribution in [0.25, 0.3) is 0 Å². The number of halogens is 1. The molecular weight excluding hydrogens is 215 g/mol. The number of carboxylic acid groups (broad SMARTS) is 1. The molecule has 0 unspecified atom stereocenters. The number of nitrogens with one attached hydrogen (secondary N) is 2. The summed E-state index contributed by atoms with van der Waals surface area (Å²) in [7, 11) is 0. The third-order valence-corrected chi connectivity index (χ3v) is 1.80. The molecule has 0 spiro atoms. The first-order chi connectivity index (χ1) is 7.54. The summed E-state index contributed by atoms with van der Waals surface area (Å²) in [6.07, 6.45) is 0. The van der Waals surface area contributed by atoms with Gasteiger partial charge in [-0.15, -0.1) is 0 Å². The number of aromatic carboxylic acids is 1. The number of amides is 2. The molecule has 1 aromatic rings. The molecule has 5 nitrogen and oxygen atoms in total. The van der Waals surface area contributed by atoms with E-state index >= 15 is 0 Å². The molecule has 0 bridgehead atoms. The van der Waals surface area contributed by atoms with E-state index in [2.05, 4.69) is 10.6 Å². The monoisotopic (exact) mass is 226 g/mol. The van der Waals surface area contributed by atoms with Gasteiger partial charge in [0, 0.05) is 6.54 Å². The predicted molar refractivity (Wildman–Crippen MR) is 56.1 cm³/mol.